The van der Waals surface area contributed by atoms with Crippen LogP contribution in [0.25, 0.3) is 0 Å². The van der Waals surface area contributed by atoms with Gasteiger partial charge in [-0.15, -0.1) is 0 Å². The third-order valence-corrected chi connectivity index (χ3v) is 1.27. The Kier molecular flexibility index (Phi) is 3.39. The first kappa shape index (κ1) is 9.66. The number of aromatic nitrogens is 2. The molecule has 0 spiro atoms. The van der Waals surface area contributed by atoms with E-state index in [0.717, 1.165) is 0 Å². The van der Waals surface area contributed by atoms with Crippen molar-refractivity contribution in [1.29, 1.82) is 0 Å². The molecule has 0 atom stereocenters. The number of aliphatic carboxylic acids is 1. The van der Waals surface area contributed by atoms with Gasteiger partial charge in [0.05, 0.1) is 0 Å². The molecule has 1 heterocycles. The molecule has 0 aliphatic heterocycles. The largest absolute Gasteiger partial charge is 0.480 e. The molecule has 1 aromatic heterocycles. The first-order valence-corrected chi connectivity index (χ1v) is 3.83. The maximum absolute atomic E-state index is 10.1. The number of nitrogens with zero attached hydrogens (tertiary/aromatic N) is 2. The molecule has 6 nitrogen and oxygen atoms in total. The molecule has 0 bridgehead atoms. The predicted molar refractivity (Wildman–Crippen MR) is 41.0 cm³/mol. The Morgan fingerprint density at radius 3 is 3.00 bits per heavy atom. The second-order valence-electron chi connectivity index (χ2n) is 2.34. The van der Waals surface area contributed by atoms with Gasteiger partial charge in [-0.05, 0) is 0 Å². The summed E-state index contributed by atoms with van der Waals surface area (Å²) < 4.78 is 9.54. The zero-order valence-electron chi connectivity index (χ0n) is 7.19. The van der Waals surface area contributed by atoms with E-state index in [1.54, 1.807) is 0 Å². The van der Waals surface area contributed by atoms with Gasteiger partial charge in [0.25, 0.3) is 0 Å². The van der Waals surface area contributed by atoms with Gasteiger partial charge in [0.2, 0.25) is 5.89 Å². The summed E-state index contributed by atoms with van der Waals surface area (Å²) in [4.78, 5) is 14.0. The van der Waals surface area contributed by atoms with E-state index in [1.165, 1.54) is 0 Å². The minimum absolute atomic E-state index is 0.0653. The summed E-state index contributed by atoms with van der Waals surface area (Å²) in [6.45, 7) is 1.60. The molecule has 13 heavy (non-hydrogen) atoms. The van der Waals surface area contributed by atoms with Gasteiger partial charge in [-0.1, -0.05) is 12.1 Å². The Hall–Kier alpha value is -1.43. The van der Waals surface area contributed by atoms with E-state index in [0.29, 0.717) is 18.1 Å². The molecule has 72 valence electrons. The molecular weight excluding hydrogens is 176 g/mol. The number of carbonyl (C=O) groups is 1. The van der Waals surface area contributed by atoms with Crippen LogP contribution in [0.15, 0.2) is 4.52 Å². The summed E-state index contributed by atoms with van der Waals surface area (Å²) in [7, 11) is 0. The van der Waals surface area contributed by atoms with Crippen molar-refractivity contribution in [3.63, 3.8) is 0 Å². The number of rotatable bonds is 5. The lowest BCUT2D eigenvalue weighted by Gasteiger charge is -1.93. The minimum Gasteiger partial charge on any atom is -0.480 e. The number of carboxylic acids is 1. The number of hydrogen-bond donors (Lipinski definition) is 1. The molecule has 0 aliphatic rings. The molecule has 0 saturated heterocycles. The molecule has 0 radical (unpaired) electrons. The zero-order valence-corrected chi connectivity index (χ0v) is 7.19. The van der Waals surface area contributed by atoms with Crippen molar-refractivity contribution in [2.75, 3.05) is 6.61 Å². The quantitative estimate of drug-likeness (QED) is 0.708. The van der Waals surface area contributed by atoms with E-state index in [4.69, 9.17) is 14.4 Å². The van der Waals surface area contributed by atoms with Crippen LogP contribution in [0.5, 0.6) is 0 Å². The fourth-order valence-electron chi connectivity index (χ4n) is 0.722. The normalized spacial score (nSPS) is 10.2. The standard InChI is InChI=1S/C7H10N2O4/c1-2-6-8-5(9-13-6)3-12-4-7(10)11/h2-4H2,1H3,(H,10,11). The van der Waals surface area contributed by atoms with Crippen molar-refractivity contribution in [1.82, 2.24) is 10.1 Å². The van der Waals surface area contributed by atoms with Crippen molar-refractivity contribution in [2.24, 2.45) is 0 Å². The Balaban J connectivity index is 2.32. The van der Waals surface area contributed by atoms with Gasteiger partial charge in [-0.3, -0.25) is 0 Å². The Morgan fingerprint density at radius 1 is 1.69 bits per heavy atom. The third-order valence-electron chi connectivity index (χ3n) is 1.27. The van der Waals surface area contributed by atoms with Gasteiger partial charge < -0.3 is 14.4 Å². The average molecular weight is 186 g/mol. The molecule has 6 heteroatoms. The number of aryl methyl sites for hydroxylation is 1. The summed E-state index contributed by atoms with van der Waals surface area (Å²) in [6, 6.07) is 0. The number of hydrogen-bond acceptors (Lipinski definition) is 5. The van der Waals surface area contributed by atoms with E-state index in [2.05, 4.69) is 10.1 Å². The minimum atomic E-state index is -1.01. The van der Waals surface area contributed by atoms with Crippen LogP contribution in [-0.4, -0.2) is 27.8 Å². The smallest absolute Gasteiger partial charge is 0.329 e. The molecule has 0 saturated carbocycles. The lowest BCUT2D eigenvalue weighted by atomic mass is 10.5. The van der Waals surface area contributed by atoms with Crippen molar-refractivity contribution in [3.05, 3.63) is 11.7 Å². The van der Waals surface area contributed by atoms with Crippen LogP contribution in [0.2, 0.25) is 0 Å². The van der Waals surface area contributed by atoms with E-state index >= 15 is 0 Å². The molecule has 1 aromatic rings. The zero-order chi connectivity index (χ0) is 9.68. The monoisotopic (exact) mass is 186 g/mol. The van der Waals surface area contributed by atoms with Crippen LogP contribution in [0.1, 0.15) is 18.6 Å². The Bertz CT molecular complexity index is 284. The van der Waals surface area contributed by atoms with Gasteiger partial charge >= 0.3 is 5.97 Å². The molecule has 1 N–H and O–H groups in total. The van der Waals surface area contributed by atoms with Crippen LogP contribution in [0, 0.1) is 0 Å². The Morgan fingerprint density at radius 2 is 2.46 bits per heavy atom. The summed E-state index contributed by atoms with van der Waals surface area (Å²) in [5.41, 5.74) is 0. The first-order valence-electron chi connectivity index (χ1n) is 3.83. The van der Waals surface area contributed by atoms with Crippen LogP contribution < -0.4 is 0 Å². The van der Waals surface area contributed by atoms with Crippen LogP contribution in [0.3, 0.4) is 0 Å². The third kappa shape index (κ3) is 3.20. The topological polar surface area (TPSA) is 85.5 Å². The highest BCUT2D eigenvalue weighted by atomic mass is 16.5. The van der Waals surface area contributed by atoms with Crippen molar-refractivity contribution in [3.8, 4) is 0 Å². The van der Waals surface area contributed by atoms with E-state index < -0.39 is 5.97 Å². The first-order chi connectivity index (χ1) is 6.22. The number of carboxylic acid groups (broad SMARTS) is 1. The molecule has 1 rings (SSSR count). The lowest BCUT2D eigenvalue weighted by molar-refractivity contribution is -0.142. The highest BCUT2D eigenvalue weighted by Gasteiger charge is 2.04. The van der Waals surface area contributed by atoms with Gasteiger partial charge in [0.1, 0.15) is 13.2 Å². The van der Waals surface area contributed by atoms with Gasteiger partial charge in [-0.2, -0.15) is 4.98 Å². The highest BCUT2D eigenvalue weighted by molar-refractivity contribution is 5.67. The second-order valence-corrected chi connectivity index (χ2v) is 2.34. The lowest BCUT2D eigenvalue weighted by Crippen LogP contribution is -2.07. The summed E-state index contributed by atoms with van der Waals surface area (Å²) in [5.74, 6) is -0.119. The highest BCUT2D eigenvalue weighted by Crippen LogP contribution is 1.98. The van der Waals surface area contributed by atoms with Crippen LogP contribution in [0.4, 0.5) is 0 Å². The van der Waals surface area contributed by atoms with E-state index in [-0.39, 0.29) is 13.2 Å². The molecular formula is C7H10N2O4. The number of ether oxygens (including phenoxy) is 1. The van der Waals surface area contributed by atoms with Crippen LogP contribution in [-0.2, 0) is 22.6 Å². The molecule has 0 amide bonds. The van der Waals surface area contributed by atoms with Gasteiger partial charge in [0.15, 0.2) is 5.82 Å². The summed E-state index contributed by atoms with van der Waals surface area (Å²) in [5, 5.41) is 11.8. The van der Waals surface area contributed by atoms with Gasteiger partial charge in [-0.25, -0.2) is 4.79 Å². The van der Waals surface area contributed by atoms with Gasteiger partial charge in [0, 0.05) is 6.42 Å². The predicted octanol–water partition coefficient (Wildman–Crippen LogP) is 0.233. The fraction of sp³-hybridized carbons (Fsp3) is 0.571. The molecule has 0 fully saturated rings. The van der Waals surface area contributed by atoms with E-state index in [1.807, 2.05) is 6.92 Å². The van der Waals surface area contributed by atoms with Crippen molar-refractivity contribution < 1.29 is 19.2 Å². The maximum atomic E-state index is 10.1. The van der Waals surface area contributed by atoms with Crippen molar-refractivity contribution >= 4 is 5.97 Å². The summed E-state index contributed by atoms with van der Waals surface area (Å²) in [6.07, 6.45) is 0.659. The maximum Gasteiger partial charge on any atom is 0.329 e. The SMILES string of the molecule is CCc1nc(COCC(=O)O)no1. The summed E-state index contributed by atoms with van der Waals surface area (Å²) >= 11 is 0. The van der Waals surface area contributed by atoms with Crippen molar-refractivity contribution in [2.45, 2.75) is 20.0 Å². The Labute approximate surface area is 74.5 Å². The fourth-order valence-corrected chi connectivity index (χ4v) is 0.722. The molecule has 0 aromatic carbocycles. The van der Waals surface area contributed by atoms with Crippen LogP contribution >= 0.6 is 0 Å². The molecule has 0 aliphatic carbocycles. The molecule has 0 unspecified atom stereocenters. The average Bonchev–Trinajstić information content (AvgIpc) is 2.52. The second kappa shape index (κ2) is 4.56. The van der Waals surface area contributed by atoms with E-state index in [9.17, 15) is 4.79 Å².